The largest absolute Gasteiger partial charge is 0.375 e. The van der Waals surface area contributed by atoms with Gasteiger partial charge in [-0.1, -0.05) is 18.6 Å². The van der Waals surface area contributed by atoms with Crippen LogP contribution in [0.2, 0.25) is 0 Å². The molecular formula is C20H27N5O2. The summed E-state index contributed by atoms with van der Waals surface area (Å²) in [6.45, 7) is 5.29. The summed E-state index contributed by atoms with van der Waals surface area (Å²) >= 11 is 0. The second-order valence-electron chi connectivity index (χ2n) is 7.35. The molecule has 0 spiro atoms. The zero-order valence-electron chi connectivity index (χ0n) is 15.7. The molecule has 27 heavy (non-hydrogen) atoms. The number of ether oxygens (including phenoxy) is 1. The molecule has 2 aromatic rings. The van der Waals surface area contributed by atoms with Gasteiger partial charge in [0.15, 0.2) is 0 Å². The second-order valence-corrected chi connectivity index (χ2v) is 7.35. The molecule has 0 aliphatic carbocycles. The van der Waals surface area contributed by atoms with Crippen LogP contribution in [0, 0.1) is 0 Å². The minimum atomic E-state index is 0.0495. The number of benzene rings is 1. The lowest BCUT2D eigenvalue weighted by atomic mass is 10.1. The average Bonchev–Trinajstić information content (AvgIpc) is 3.15. The smallest absolute Gasteiger partial charge is 0.256 e. The molecule has 1 aromatic heterocycles. The van der Waals surface area contributed by atoms with E-state index in [9.17, 15) is 4.79 Å². The molecule has 2 saturated heterocycles. The molecule has 7 heteroatoms. The molecule has 0 saturated carbocycles. The molecule has 3 heterocycles. The minimum Gasteiger partial charge on any atom is -0.375 e. The van der Waals surface area contributed by atoms with Crippen LogP contribution in [0.1, 0.15) is 36.0 Å². The molecule has 4 rings (SSSR count). The van der Waals surface area contributed by atoms with Crippen LogP contribution in [0.3, 0.4) is 0 Å². The predicted molar refractivity (Wildman–Crippen MR) is 102 cm³/mol. The van der Waals surface area contributed by atoms with Crippen molar-refractivity contribution < 1.29 is 9.53 Å². The van der Waals surface area contributed by atoms with Gasteiger partial charge in [-0.25, -0.2) is 0 Å². The Kier molecular flexibility index (Phi) is 5.79. The van der Waals surface area contributed by atoms with Crippen molar-refractivity contribution in [2.75, 3.05) is 39.3 Å². The van der Waals surface area contributed by atoms with Gasteiger partial charge in [0, 0.05) is 26.2 Å². The van der Waals surface area contributed by atoms with Crippen molar-refractivity contribution in [3.63, 3.8) is 0 Å². The highest BCUT2D eigenvalue weighted by Crippen LogP contribution is 2.19. The van der Waals surface area contributed by atoms with Gasteiger partial charge >= 0.3 is 0 Å². The molecule has 0 bridgehead atoms. The maximum Gasteiger partial charge on any atom is 0.256 e. The Balaban J connectivity index is 1.49. The van der Waals surface area contributed by atoms with E-state index >= 15 is 0 Å². The van der Waals surface area contributed by atoms with Crippen LogP contribution in [-0.4, -0.2) is 75.9 Å². The summed E-state index contributed by atoms with van der Waals surface area (Å²) in [5.41, 5.74) is 1.49. The van der Waals surface area contributed by atoms with Crippen LogP contribution < -0.4 is 0 Å². The number of piperidine rings is 1. The number of likely N-dealkylation sites (tertiary alicyclic amines) is 1. The van der Waals surface area contributed by atoms with E-state index in [1.54, 1.807) is 17.2 Å². The van der Waals surface area contributed by atoms with Gasteiger partial charge < -0.3 is 14.5 Å². The van der Waals surface area contributed by atoms with E-state index in [4.69, 9.17) is 4.74 Å². The van der Waals surface area contributed by atoms with Gasteiger partial charge in [-0.15, -0.1) is 10.2 Å². The van der Waals surface area contributed by atoms with Crippen molar-refractivity contribution in [1.29, 1.82) is 0 Å². The molecule has 144 valence electrons. The zero-order valence-corrected chi connectivity index (χ0v) is 15.7. The summed E-state index contributed by atoms with van der Waals surface area (Å²) in [5, 5.41) is 7.73. The topological polar surface area (TPSA) is 63.5 Å². The van der Waals surface area contributed by atoms with Crippen molar-refractivity contribution in [2.45, 2.75) is 31.8 Å². The SMILES string of the molecule is O=C(c1ccccc1-n1cnnc1)N1CCCO[C@@H](CN2CCCCC2)C1. The standard InChI is InChI=1S/C20H27N5O2/c26-20(18-7-2-3-8-19(18)25-15-21-22-16-25)24-11-6-12-27-17(14-24)13-23-9-4-1-5-10-23/h2-3,7-8,15-17H,1,4-6,9-14H2/t17-/m0/s1. The van der Waals surface area contributed by atoms with Crippen LogP contribution >= 0.6 is 0 Å². The van der Waals surface area contributed by atoms with Crippen molar-refractivity contribution in [3.8, 4) is 5.69 Å². The molecule has 2 fully saturated rings. The molecule has 7 nitrogen and oxygen atoms in total. The predicted octanol–water partition coefficient (Wildman–Crippen LogP) is 1.98. The first kappa shape index (κ1) is 18.1. The maximum atomic E-state index is 13.3. The fourth-order valence-corrected chi connectivity index (χ4v) is 4.00. The molecule has 1 atom stereocenters. The average molecular weight is 369 g/mol. The number of nitrogens with zero attached hydrogens (tertiary/aromatic N) is 5. The van der Waals surface area contributed by atoms with Gasteiger partial charge in [-0.2, -0.15) is 0 Å². The number of rotatable bonds is 4. The first-order valence-electron chi connectivity index (χ1n) is 9.88. The van der Waals surface area contributed by atoms with Crippen molar-refractivity contribution in [2.24, 2.45) is 0 Å². The number of carbonyl (C=O) groups excluding carboxylic acids is 1. The van der Waals surface area contributed by atoms with E-state index < -0.39 is 0 Å². The number of carbonyl (C=O) groups is 1. The fourth-order valence-electron chi connectivity index (χ4n) is 4.00. The van der Waals surface area contributed by atoms with E-state index in [1.807, 2.05) is 29.2 Å². The maximum absolute atomic E-state index is 13.3. The highest BCUT2D eigenvalue weighted by Gasteiger charge is 2.27. The molecule has 0 unspecified atom stereocenters. The Hall–Kier alpha value is -2.25. The summed E-state index contributed by atoms with van der Waals surface area (Å²) in [4.78, 5) is 17.7. The Morgan fingerprint density at radius 1 is 1.04 bits per heavy atom. The van der Waals surface area contributed by atoms with Gasteiger partial charge in [0.2, 0.25) is 0 Å². The Morgan fingerprint density at radius 2 is 1.81 bits per heavy atom. The number of hydrogen-bond donors (Lipinski definition) is 0. The van der Waals surface area contributed by atoms with Crippen LogP contribution in [-0.2, 0) is 4.74 Å². The van der Waals surface area contributed by atoms with Crippen LogP contribution in [0.4, 0.5) is 0 Å². The molecule has 0 radical (unpaired) electrons. The summed E-state index contributed by atoms with van der Waals surface area (Å²) in [5.74, 6) is 0.0495. The zero-order chi connectivity index (χ0) is 18.5. The first-order chi connectivity index (χ1) is 13.3. The van der Waals surface area contributed by atoms with Crippen molar-refractivity contribution in [3.05, 3.63) is 42.5 Å². The molecule has 1 amide bonds. The number of aromatic nitrogens is 3. The number of hydrogen-bond acceptors (Lipinski definition) is 5. The third-order valence-electron chi connectivity index (χ3n) is 5.38. The Morgan fingerprint density at radius 3 is 2.63 bits per heavy atom. The molecular weight excluding hydrogens is 342 g/mol. The fraction of sp³-hybridized carbons (Fsp3) is 0.550. The monoisotopic (exact) mass is 369 g/mol. The second kappa shape index (κ2) is 8.63. The Bertz CT molecular complexity index is 743. The number of amides is 1. The molecule has 2 aliphatic heterocycles. The first-order valence-corrected chi connectivity index (χ1v) is 9.88. The van der Waals surface area contributed by atoms with E-state index in [-0.39, 0.29) is 12.0 Å². The van der Waals surface area contributed by atoms with E-state index in [0.717, 1.165) is 44.9 Å². The quantitative estimate of drug-likeness (QED) is 0.825. The lowest BCUT2D eigenvalue weighted by Crippen LogP contribution is -2.44. The van der Waals surface area contributed by atoms with Gasteiger partial charge in [0.25, 0.3) is 5.91 Å². The van der Waals surface area contributed by atoms with Crippen LogP contribution in [0.25, 0.3) is 5.69 Å². The van der Waals surface area contributed by atoms with Crippen LogP contribution in [0.5, 0.6) is 0 Å². The summed E-state index contributed by atoms with van der Waals surface area (Å²) < 4.78 is 7.85. The van der Waals surface area contributed by atoms with Crippen molar-refractivity contribution >= 4 is 5.91 Å². The third-order valence-corrected chi connectivity index (χ3v) is 5.38. The van der Waals surface area contributed by atoms with E-state index in [1.165, 1.54) is 19.3 Å². The summed E-state index contributed by atoms with van der Waals surface area (Å²) in [6.07, 6.45) is 8.05. The van der Waals surface area contributed by atoms with Crippen molar-refractivity contribution in [1.82, 2.24) is 24.6 Å². The molecule has 2 aliphatic rings. The van der Waals surface area contributed by atoms with E-state index in [2.05, 4.69) is 15.1 Å². The third kappa shape index (κ3) is 4.36. The molecule has 1 aromatic carbocycles. The molecule has 0 N–H and O–H groups in total. The lowest BCUT2D eigenvalue weighted by Gasteiger charge is -2.31. The summed E-state index contributed by atoms with van der Waals surface area (Å²) in [7, 11) is 0. The van der Waals surface area contributed by atoms with Gasteiger partial charge in [0.1, 0.15) is 12.7 Å². The van der Waals surface area contributed by atoms with E-state index in [0.29, 0.717) is 12.1 Å². The van der Waals surface area contributed by atoms with Gasteiger partial charge in [0.05, 0.1) is 17.4 Å². The summed E-state index contributed by atoms with van der Waals surface area (Å²) in [6, 6.07) is 7.64. The van der Waals surface area contributed by atoms with Crippen LogP contribution in [0.15, 0.2) is 36.9 Å². The Labute approximate surface area is 159 Å². The lowest BCUT2D eigenvalue weighted by molar-refractivity contribution is 0.0216. The highest BCUT2D eigenvalue weighted by molar-refractivity contribution is 5.97. The number of para-hydroxylation sites is 1. The van der Waals surface area contributed by atoms with Gasteiger partial charge in [-0.05, 0) is 44.5 Å². The highest BCUT2D eigenvalue weighted by atomic mass is 16.5. The normalized spacial score (nSPS) is 21.8. The minimum absolute atomic E-state index is 0.0495. The van der Waals surface area contributed by atoms with Gasteiger partial charge in [-0.3, -0.25) is 9.36 Å².